The first-order chi connectivity index (χ1) is 13.1. The van der Waals surface area contributed by atoms with Crippen LogP contribution in [-0.4, -0.2) is 54.1 Å². The van der Waals surface area contributed by atoms with Gasteiger partial charge < -0.3 is 14.4 Å². The van der Waals surface area contributed by atoms with Crippen molar-refractivity contribution in [1.29, 1.82) is 0 Å². The number of nitrogens with zero attached hydrogens (tertiary/aromatic N) is 2. The Morgan fingerprint density at radius 2 is 1.63 bits per heavy atom. The van der Waals surface area contributed by atoms with Gasteiger partial charge in [-0.2, -0.15) is 0 Å². The molecule has 0 N–H and O–H groups in total. The Bertz CT molecular complexity index is 803. The van der Waals surface area contributed by atoms with E-state index in [1.165, 1.54) is 5.56 Å². The quantitative estimate of drug-likeness (QED) is 0.812. The average molecular weight is 387 g/mol. The highest BCUT2D eigenvalue weighted by molar-refractivity contribution is 6.30. The maximum Gasteiger partial charge on any atom is 0.267 e. The van der Waals surface area contributed by atoms with Crippen molar-refractivity contribution in [2.24, 2.45) is 0 Å². The zero-order chi connectivity index (χ0) is 18.8. The molecule has 2 atom stereocenters. The lowest BCUT2D eigenvalue weighted by Crippen LogP contribution is -2.55. The lowest BCUT2D eigenvalue weighted by Gasteiger charge is -2.38. The zero-order valence-electron chi connectivity index (χ0n) is 15.3. The van der Waals surface area contributed by atoms with E-state index in [1.807, 2.05) is 60.4 Å². The van der Waals surface area contributed by atoms with Crippen LogP contribution in [0, 0.1) is 0 Å². The van der Waals surface area contributed by atoms with Crippen molar-refractivity contribution in [3.05, 3.63) is 59.1 Å². The lowest BCUT2D eigenvalue weighted by atomic mass is 10.1. The molecule has 2 aliphatic rings. The number of carbonyl (C=O) groups is 1. The highest BCUT2D eigenvalue weighted by Gasteiger charge is 2.37. The third-order valence-corrected chi connectivity index (χ3v) is 5.34. The average Bonchev–Trinajstić information content (AvgIpc) is 2.69. The molecule has 1 amide bonds. The van der Waals surface area contributed by atoms with Crippen LogP contribution in [0.2, 0.25) is 5.02 Å². The van der Waals surface area contributed by atoms with Gasteiger partial charge in [-0.25, -0.2) is 0 Å². The van der Waals surface area contributed by atoms with Gasteiger partial charge in [0.05, 0.1) is 0 Å². The maximum absolute atomic E-state index is 13.0. The molecule has 0 radical (unpaired) electrons. The van der Waals surface area contributed by atoms with Crippen molar-refractivity contribution in [3.8, 4) is 11.5 Å². The van der Waals surface area contributed by atoms with Crippen LogP contribution in [0.4, 0.5) is 0 Å². The third kappa shape index (κ3) is 4.04. The van der Waals surface area contributed by atoms with Gasteiger partial charge in [0.25, 0.3) is 5.91 Å². The van der Waals surface area contributed by atoms with Gasteiger partial charge in [-0.05, 0) is 36.8 Å². The number of ether oxygens (including phenoxy) is 2. The largest absolute Gasteiger partial charge is 0.482 e. The van der Waals surface area contributed by atoms with E-state index in [2.05, 4.69) is 4.90 Å². The van der Waals surface area contributed by atoms with Gasteiger partial charge in [-0.3, -0.25) is 9.69 Å². The Kier molecular flexibility index (Phi) is 5.23. The van der Waals surface area contributed by atoms with Gasteiger partial charge in [-0.15, -0.1) is 0 Å². The number of benzene rings is 2. The smallest absolute Gasteiger partial charge is 0.267 e. The van der Waals surface area contributed by atoms with Crippen LogP contribution in [0.15, 0.2) is 48.5 Å². The number of rotatable bonds is 3. The first-order valence-electron chi connectivity index (χ1n) is 9.28. The number of para-hydroxylation sites is 2. The van der Waals surface area contributed by atoms with Crippen molar-refractivity contribution in [2.45, 2.75) is 25.7 Å². The van der Waals surface area contributed by atoms with E-state index < -0.39 is 6.10 Å². The monoisotopic (exact) mass is 386 g/mol. The summed E-state index contributed by atoms with van der Waals surface area (Å²) in [6.07, 6.45) is -0.901. The van der Waals surface area contributed by atoms with Gasteiger partial charge in [0.2, 0.25) is 6.10 Å². The molecular formula is C21H23ClN2O3. The molecular weight excluding hydrogens is 364 g/mol. The molecule has 142 valence electrons. The minimum Gasteiger partial charge on any atom is -0.482 e. The van der Waals surface area contributed by atoms with Crippen LogP contribution in [0.5, 0.6) is 11.5 Å². The SMILES string of the molecule is CC1Oc2ccccc2OC1C(=O)N1CCN(Cc2ccc(Cl)cc2)CC1. The van der Waals surface area contributed by atoms with Gasteiger partial charge in [0.15, 0.2) is 11.5 Å². The molecule has 2 heterocycles. The van der Waals surface area contributed by atoms with E-state index in [0.29, 0.717) is 24.6 Å². The number of hydrogen-bond donors (Lipinski definition) is 0. The summed E-state index contributed by atoms with van der Waals surface area (Å²) in [5.41, 5.74) is 1.23. The van der Waals surface area contributed by atoms with Gasteiger partial charge in [-0.1, -0.05) is 35.9 Å². The summed E-state index contributed by atoms with van der Waals surface area (Å²) in [6.45, 7) is 5.82. The summed E-state index contributed by atoms with van der Waals surface area (Å²) >= 11 is 5.95. The number of amides is 1. The van der Waals surface area contributed by atoms with Crippen LogP contribution in [-0.2, 0) is 11.3 Å². The summed E-state index contributed by atoms with van der Waals surface area (Å²) in [5, 5.41) is 0.750. The predicted molar refractivity (Wildman–Crippen MR) is 104 cm³/mol. The van der Waals surface area contributed by atoms with Crippen molar-refractivity contribution < 1.29 is 14.3 Å². The third-order valence-electron chi connectivity index (χ3n) is 5.09. The predicted octanol–water partition coefficient (Wildman–Crippen LogP) is 3.21. The Morgan fingerprint density at radius 3 is 2.30 bits per heavy atom. The maximum atomic E-state index is 13.0. The minimum atomic E-state index is -0.595. The highest BCUT2D eigenvalue weighted by Crippen LogP contribution is 2.34. The Hall–Kier alpha value is -2.24. The van der Waals surface area contributed by atoms with E-state index >= 15 is 0 Å². The van der Waals surface area contributed by atoms with Crippen molar-refractivity contribution in [1.82, 2.24) is 9.80 Å². The fourth-order valence-electron chi connectivity index (χ4n) is 3.55. The van der Waals surface area contributed by atoms with Crippen molar-refractivity contribution in [3.63, 3.8) is 0 Å². The van der Waals surface area contributed by atoms with E-state index in [4.69, 9.17) is 21.1 Å². The first-order valence-corrected chi connectivity index (χ1v) is 9.66. The van der Waals surface area contributed by atoms with Crippen molar-refractivity contribution >= 4 is 17.5 Å². The van der Waals surface area contributed by atoms with Crippen LogP contribution < -0.4 is 9.47 Å². The second-order valence-electron chi connectivity index (χ2n) is 7.04. The fourth-order valence-corrected chi connectivity index (χ4v) is 3.67. The second-order valence-corrected chi connectivity index (χ2v) is 7.47. The van der Waals surface area contributed by atoms with E-state index in [1.54, 1.807) is 0 Å². The molecule has 0 spiro atoms. The zero-order valence-corrected chi connectivity index (χ0v) is 16.1. The van der Waals surface area contributed by atoms with Crippen LogP contribution in [0.1, 0.15) is 12.5 Å². The molecule has 0 aliphatic carbocycles. The van der Waals surface area contributed by atoms with Gasteiger partial charge >= 0.3 is 0 Å². The number of halogens is 1. The molecule has 2 unspecified atom stereocenters. The molecule has 1 fully saturated rings. The second kappa shape index (κ2) is 7.79. The molecule has 0 aromatic heterocycles. The Labute approximate surface area is 164 Å². The fraction of sp³-hybridized carbons (Fsp3) is 0.381. The number of carbonyl (C=O) groups excluding carboxylic acids is 1. The standard InChI is InChI=1S/C21H23ClN2O3/c1-15-20(27-19-5-3-2-4-18(19)26-15)21(25)24-12-10-23(11-13-24)14-16-6-8-17(22)9-7-16/h2-9,15,20H,10-14H2,1H3. The molecule has 0 bridgehead atoms. The Morgan fingerprint density at radius 1 is 1.00 bits per heavy atom. The molecule has 1 saturated heterocycles. The molecule has 4 rings (SSSR count). The molecule has 2 aliphatic heterocycles. The minimum absolute atomic E-state index is 0.00291. The normalized spacial score (nSPS) is 22.5. The van der Waals surface area contributed by atoms with Gasteiger partial charge in [0.1, 0.15) is 6.10 Å². The van der Waals surface area contributed by atoms with Crippen LogP contribution in [0.25, 0.3) is 0 Å². The Balaban J connectivity index is 1.34. The molecule has 6 heteroatoms. The lowest BCUT2D eigenvalue weighted by molar-refractivity contribution is -0.146. The number of hydrogen-bond acceptors (Lipinski definition) is 4. The molecule has 2 aromatic rings. The van der Waals surface area contributed by atoms with E-state index in [0.717, 1.165) is 24.7 Å². The summed E-state index contributed by atoms with van der Waals surface area (Å²) in [6, 6.07) is 15.4. The molecule has 0 saturated carbocycles. The number of piperazine rings is 1. The van der Waals surface area contributed by atoms with Gasteiger partial charge in [0, 0.05) is 37.7 Å². The molecule has 2 aromatic carbocycles. The van der Waals surface area contributed by atoms with Crippen LogP contribution >= 0.6 is 11.6 Å². The molecule has 27 heavy (non-hydrogen) atoms. The number of fused-ring (bicyclic) bond motifs is 1. The first kappa shape index (κ1) is 18.1. The topological polar surface area (TPSA) is 42.0 Å². The molecule has 5 nitrogen and oxygen atoms in total. The van der Waals surface area contributed by atoms with E-state index in [9.17, 15) is 4.79 Å². The summed E-state index contributed by atoms with van der Waals surface area (Å²) < 4.78 is 11.8. The van der Waals surface area contributed by atoms with Crippen LogP contribution in [0.3, 0.4) is 0 Å². The van der Waals surface area contributed by atoms with Crippen molar-refractivity contribution in [2.75, 3.05) is 26.2 Å². The summed E-state index contributed by atoms with van der Waals surface area (Å²) in [5.74, 6) is 1.33. The highest BCUT2D eigenvalue weighted by atomic mass is 35.5. The summed E-state index contributed by atoms with van der Waals surface area (Å²) in [4.78, 5) is 17.2. The summed E-state index contributed by atoms with van der Waals surface area (Å²) in [7, 11) is 0. The van der Waals surface area contributed by atoms with E-state index in [-0.39, 0.29) is 12.0 Å².